The van der Waals surface area contributed by atoms with E-state index in [4.69, 9.17) is 11.6 Å². The van der Waals surface area contributed by atoms with Crippen molar-refractivity contribution in [1.82, 2.24) is 5.12 Å². The molecule has 0 amide bonds. The van der Waals surface area contributed by atoms with E-state index in [1.54, 1.807) is 11.8 Å². The summed E-state index contributed by atoms with van der Waals surface area (Å²) in [6.07, 6.45) is 3.08. The summed E-state index contributed by atoms with van der Waals surface area (Å²) in [6, 6.07) is 7.94. The van der Waals surface area contributed by atoms with E-state index in [9.17, 15) is 0 Å². The zero-order valence-electron chi connectivity index (χ0n) is 9.37. The smallest absolute Gasteiger partial charge is 0.157 e. The molecule has 5 N–H and O–H groups in total. The zero-order valence-corrected chi connectivity index (χ0v) is 10.2. The lowest BCUT2D eigenvalue weighted by Gasteiger charge is -2.12. The Morgan fingerprint density at radius 3 is 2.65 bits per heavy atom. The Balaban J connectivity index is 2.02. The quantitative estimate of drug-likeness (QED) is 0.416. The fraction of sp³-hybridized carbons (Fsp3) is 0.200. The molecule has 1 aliphatic rings. The van der Waals surface area contributed by atoms with Gasteiger partial charge in [-0.25, -0.2) is 11.0 Å². The Hall–Kier alpha value is -1.57. The van der Waals surface area contributed by atoms with Gasteiger partial charge in [0.25, 0.3) is 0 Å². The van der Waals surface area contributed by atoms with Crippen LogP contribution in [0.5, 0.6) is 0 Å². The second-order valence-electron chi connectivity index (χ2n) is 3.45. The average Bonchev–Trinajstić information content (AvgIpc) is 2.68. The third kappa shape index (κ3) is 2.76. The molecule has 1 unspecified atom stereocenters. The first-order chi connectivity index (χ1) is 8.20. The molecule has 7 heteroatoms. The summed E-state index contributed by atoms with van der Waals surface area (Å²) in [5.41, 5.74) is 10.1. The first kappa shape index (κ1) is 11.9. The van der Waals surface area contributed by atoms with Gasteiger partial charge in [-0.15, -0.1) is 11.8 Å². The van der Waals surface area contributed by atoms with Crippen LogP contribution >= 0.6 is 11.8 Å². The highest BCUT2D eigenvalue weighted by Gasteiger charge is 2.20. The summed E-state index contributed by atoms with van der Waals surface area (Å²) in [6.45, 7) is 0. The minimum Gasteiger partial charge on any atom is -0.303 e. The lowest BCUT2D eigenvalue weighted by atomic mass is 10.3. The van der Waals surface area contributed by atoms with Crippen LogP contribution in [0.15, 0.2) is 39.4 Å². The molecular weight excluding hydrogens is 236 g/mol. The van der Waals surface area contributed by atoms with E-state index in [1.807, 2.05) is 30.5 Å². The third-order valence-electron chi connectivity index (χ3n) is 2.32. The maximum Gasteiger partial charge on any atom is 0.157 e. The number of benzene rings is 1. The van der Waals surface area contributed by atoms with Crippen LogP contribution in [0.1, 0.15) is 0 Å². The molecule has 0 saturated heterocycles. The van der Waals surface area contributed by atoms with Gasteiger partial charge in [0.2, 0.25) is 0 Å². The Morgan fingerprint density at radius 1 is 1.41 bits per heavy atom. The fourth-order valence-electron chi connectivity index (χ4n) is 1.30. The first-order valence-corrected chi connectivity index (χ1v) is 6.24. The molecule has 0 aromatic heterocycles. The number of hydrogen-bond donors (Lipinski definition) is 3. The zero-order chi connectivity index (χ0) is 12.3. The molecule has 1 aromatic rings. The van der Waals surface area contributed by atoms with Gasteiger partial charge in [-0.2, -0.15) is 10.2 Å². The van der Waals surface area contributed by atoms with Gasteiger partial charge in [-0.3, -0.25) is 5.43 Å². The summed E-state index contributed by atoms with van der Waals surface area (Å²) in [4.78, 5) is 1.20. The highest BCUT2D eigenvalue weighted by molar-refractivity contribution is 7.98. The van der Waals surface area contributed by atoms with Crippen molar-refractivity contribution in [2.24, 2.45) is 21.8 Å². The van der Waals surface area contributed by atoms with Crippen molar-refractivity contribution in [1.29, 1.82) is 0 Å². The number of hydrazone groups is 2. The molecule has 0 radical (unpaired) electrons. The highest BCUT2D eigenvalue weighted by atomic mass is 32.2. The first-order valence-electron chi connectivity index (χ1n) is 5.02. The normalized spacial score (nSPS) is 21.2. The standard InChI is InChI=1S/C10H14N6S/c1-17-8-4-2-7(3-5-8)14-15-9-6-13-16(12)10(9)11/h2-6,10,14H,11-12H2,1H3. The van der Waals surface area contributed by atoms with Gasteiger partial charge >= 0.3 is 0 Å². The van der Waals surface area contributed by atoms with E-state index in [0.717, 1.165) is 10.8 Å². The van der Waals surface area contributed by atoms with E-state index in [-0.39, 0.29) is 0 Å². The summed E-state index contributed by atoms with van der Waals surface area (Å²) in [5, 5.41) is 9.13. The molecule has 6 nitrogen and oxygen atoms in total. The van der Waals surface area contributed by atoms with Gasteiger partial charge < -0.3 is 5.73 Å². The van der Waals surface area contributed by atoms with Gasteiger partial charge in [0.1, 0.15) is 5.71 Å². The van der Waals surface area contributed by atoms with Crippen molar-refractivity contribution in [3.8, 4) is 0 Å². The van der Waals surface area contributed by atoms with Gasteiger partial charge in [0, 0.05) is 4.90 Å². The molecule has 1 aliphatic heterocycles. The number of rotatable bonds is 3. The van der Waals surface area contributed by atoms with Crippen molar-refractivity contribution in [3.63, 3.8) is 0 Å². The second kappa shape index (κ2) is 5.17. The Labute approximate surface area is 104 Å². The van der Waals surface area contributed by atoms with Gasteiger partial charge in [0.05, 0.1) is 11.9 Å². The predicted molar refractivity (Wildman–Crippen MR) is 71.8 cm³/mol. The minimum atomic E-state index is -0.493. The Kier molecular flexibility index (Phi) is 3.62. The van der Waals surface area contributed by atoms with E-state index in [2.05, 4.69) is 15.6 Å². The fourth-order valence-corrected chi connectivity index (χ4v) is 1.71. The third-order valence-corrected chi connectivity index (χ3v) is 3.06. The Morgan fingerprint density at radius 2 is 2.12 bits per heavy atom. The van der Waals surface area contributed by atoms with Crippen molar-refractivity contribution in [3.05, 3.63) is 24.3 Å². The molecular formula is C10H14N6S. The van der Waals surface area contributed by atoms with Crippen LogP contribution in [0.3, 0.4) is 0 Å². The van der Waals surface area contributed by atoms with E-state index in [1.165, 1.54) is 11.1 Å². The second-order valence-corrected chi connectivity index (χ2v) is 4.33. The lowest BCUT2D eigenvalue weighted by molar-refractivity contribution is 0.280. The van der Waals surface area contributed by atoms with E-state index >= 15 is 0 Å². The highest BCUT2D eigenvalue weighted by Crippen LogP contribution is 2.17. The van der Waals surface area contributed by atoms with Crippen molar-refractivity contribution in [2.45, 2.75) is 11.1 Å². The average molecular weight is 250 g/mol. The molecule has 1 atom stereocenters. The van der Waals surface area contributed by atoms with Crippen LogP contribution < -0.4 is 17.0 Å². The summed E-state index contributed by atoms with van der Waals surface area (Å²) in [7, 11) is 0. The number of thioether (sulfide) groups is 1. The lowest BCUT2D eigenvalue weighted by Crippen LogP contribution is -2.44. The number of nitrogens with zero attached hydrogens (tertiary/aromatic N) is 3. The van der Waals surface area contributed by atoms with Crippen molar-refractivity contribution >= 4 is 29.4 Å². The molecule has 17 heavy (non-hydrogen) atoms. The monoisotopic (exact) mass is 250 g/mol. The molecule has 0 fully saturated rings. The largest absolute Gasteiger partial charge is 0.303 e. The van der Waals surface area contributed by atoms with Gasteiger partial charge in [-0.1, -0.05) is 0 Å². The van der Waals surface area contributed by atoms with Crippen LogP contribution in [-0.2, 0) is 0 Å². The number of nitrogens with two attached hydrogens (primary N) is 2. The van der Waals surface area contributed by atoms with Crippen LogP contribution in [0, 0.1) is 0 Å². The van der Waals surface area contributed by atoms with E-state index < -0.39 is 6.17 Å². The summed E-state index contributed by atoms with van der Waals surface area (Å²) < 4.78 is 0. The van der Waals surface area contributed by atoms with Crippen LogP contribution in [0.4, 0.5) is 5.69 Å². The van der Waals surface area contributed by atoms with Crippen LogP contribution in [0.2, 0.25) is 0 Å². The molecule has 1 aromatic carbocycles. The topological polar surface area (TPSA) is 92.0 Å². The summed E-state index contributed by atoms with van der Waals surface area (Å²) >= 11 is 1.69. The SMILES string of the molecule is CSc1ccc(NN=C2C=NN(N)C2N)cc1. The van der Waals surface area contributed by atoms with Gasteiger partial charge in [-0.05, 0) is 30.5 Å². The summed E-state index contributed by atoms with van der Waals surface area (Å²) in [5.74, 6) is 5.47. The maximum atomic E-state index is 5.73. The number of hydrogen-bond acceptors (Lipinski definition) is 7. The molecule has 2 rings (SSSR count). The molecule has 0 aliphatic carbocycles. The minimum absolute atomic E-state index is 0.493. The van der Waals surface area contributed by atoms with Crippen molar-refractivity contribution < 1.29 is 0 Å². The number of nitrogens with one attached hydrogen (secondary N) is 1. The molecule has 0 spiro atoms. The number of hydrazine groups is 1. The molecule has 90 valence electrons. The molecule has 0 bridgehead atoms. The predicted octanol–water partition coefficient (Wildman–Crippen LogP) is 0.636. The number of anilines is 1. The Bertz CT molecular complexity index is 441. The van der Waals surface area contributed by atoms with Crippen LogP contribution in [-0.4, -0.2) is 29.5 Å². The maximum absolute atomic E-state index is 5.73. The van der Waals surface area contributed by atoms with Crippen molar-refractivity contribution in [2.75, 3.05) is 11.7 Å². The molecule has 0 saturated carbocycles. The molecule has 1 heterocycles. The van der Waals surface area contributed by atoms with Crippen LogP contribution in [0.25, 0.3) is 0 Å². The van der Waals surface area contributed by atoms with E-state index in [0.29, 0.717) is 5.71 Å². The van der Waals surface area contributed by atoms with Gasteiger partial charge in [0.15, 0.2) is 6.17 Å².